The molecule has 0 bridgehead atoms. The van der Waals surface area contributed by atoms with Gasteiger partial charge in [0.1, 0.15) is 11.5 Å². The van der Waals surface area contributed by atoms with Gasteiger partial charge < -0.3 is 9.47 Å². The van der Waals surface area contributed by atoms with Gasteiger partial charge in [0.25, 0.3) is 0 Å². The lowest BCUT2D eigenvalue weighted by atomic mass is 10.1. The van der Waals surface area contributed by atoms with Crippen LogP contribution in [-0.2, 0) is 6.42 Å². The zero-order valence-electron chi connectivity index (χ0n) is 8.06. The summed E-state index contributed by atoms with van der Waals surface area (Å²) in [7, 11) is 3.35. The molecule has 1 aromatic carbocycles. The second-order valence-electron chi connectivity index (χ2n) is 2.64. The predicted octanol–water partition coefficient (Wildman–Crippen LogP) is 2.87. The van der Waals surface area contributed by atoms with Crippen molar-refractivity contribution < 1.29 is 9.47 Å². The first-order chi connectivity index (χ1) is 6.22. The first kappa shape index (κ1) is 10.6. The van der Waals surface area contributed by atoms with E-state index < -0.39 is 0 Å². The van der Waals surface area contributed by atoms with E-state index in [0.29, 0.717) is 0 Å². The first-order valence-corrected chi connectivity index (χ1v) is 5.21. The average Bonchev–Trinajstić information content (AvgIpc) is 2.16. The molecule has 0 fully saturated rings. The van der Waals surface area contributed by atoms with E-state index in [1.807, 2.05) is 12.1 Å². The lowest BCUT2D eigenvalue weighted by molar-refractivity contribution is 0.390. The zero-order chi connectivity index (χ0) is 9.84. The van der Waals surface area contributed by atoms with Crippen LogP contribution in [0.5, 0.6) is 11.5 Å². The van der Waals surface area contributed by atoms with Crippen LogP contribution in [0.1, 0.15) is 12.5 Å². The number of hydrogen-bond acceptors (Lipinski definition) is 2. The number of methoxy groups -OCH3 is 2. The third-order valence-electron chi connectivity index (χ3n) is 1.94. The van der Waals surface area contributed by atoms with Crippen LogP contribution in [0.15, 0.2) is 12.1 Å². The van der Waals surface area contributed by atoms with Crippen LogP contribution < -0.4 is 9.47 Å². The van der Waals surface area contributed by atoms with Crippen molar-refractivity contribution in [3.05, 3.63) is 21.3 Å². The molecule has 1 aromatic rings. The molecular formula is C10H13IO2. The van der Waals surface area contributed by atoms with E-state index >= 15 is 0 Å². The van der Waals surface area contributed by atoms with E-state index in [4.69, 9.17) is 9.47 Å². The molecule has 0 N–H and O–H groups in total. The van der Waals surface area contributed by atoms with E-state index in [2.05, 4.69) is 29.5 Å². The Morgan fingerprint density at radius 3 is 2.38 bits per heavy atom. The molecule has 3 heteroatoms. The summed E-state index contributed by atoms with van der Waals surface area (Å²) in [5, 5.41) is 0. The molecule has 0 unspecified atom stereocenters. The quantitative estimate of drug-likeness (QED) is 0.798. The standard InChI is InChI=1S/C10H13IO2/c1-4-8-9(11)5-7(12-2)6-10(8)13-3/h5-6H,4H2,1-3H3. The highest BCUT2D eigenvalue weighted by Gasteiger charge is 2.07. The van der Waals surface area contributed by atoms with E-state index in [-0.39, 0.29) is 0 Å². The maximum atomic E-state index is 5.27. The molecule has 0 atom stereocenters. The first-order valence-electron chi connectivity index (χ1n) is 4.13. The average molecular weight is 292 g/mol. The maximum Gasteiger partial charge on any atom is 0.126 e. The van der Waals surface area contributed by atoms with Gasteiger partial charge in [-0.25, -0.2) is 0 Å². The number of halogens is 1. The number of hydrogen-bond donors (Lipinski definition) is 0. The monoisotopic (exact) mass is 292 g/mol. The van der Waals surface area contributed by atoms with Gasteiger partial charge in [0.05, 0.1) is 14.2 Å². The van der Waals surface area contributed by atoms with Crippen molar-refractivity contribution in [2.24, 2.45) is 0 Å². The van der Waals surface area contributed by atoms with Crippen molar-refractivity contribution >= 4 is 22.6 Å². The molecular weight excluding hydrogens is 279 g/mol. The van der Waals surface area contributed by atoms with Gasteiger partial charge in [-0.15, -0.1) is 0 Å². The molecule has 0 radical (unpaired) electrons. The van der Waals surface area contributed by atoms with Crippen LogP contribution in [0.4, 0.5) is 0 Å². The molecule has 0 aromatic heterocycles. The van der Waals surface area contributed by atoms with Crippen LogP contribution >= 0.6 is 22.6 Å². The normalized spacial score (nSPS) is 9.85. The minimum absolute atomic E-state index is 0.846. The minimum atomic E-state index is 0.846. The van der Waals surface area contributed by atoms with Gasteiger partial charge in [0.15, 0.2) is 0 Å². The topological polar surface area (TPSA) is 18.5 Å². The summed E-state index contributed by atoms with van der Waals surface area (Å²) in [6.07, 6.45) is 0.978. The van der Waals surface area contributed by atoms with E-state index in [1.165, 1.54) is 9.13 Å². The van der Waals surface area contributed by atoms with Gasteiger partial charge in [-0.2, -0.15) is 0 Å². The Morgan fingerprint density at radius 1 is 1.23 bits per heavy atom. The molecule has 0 spiro atoms. The van der Waals surface area contributed by atoms with Crippen molar-refractivity contribution in [3.8, 4) is 11.5 Å². The van der Waals surface area contributed by atoms with Gasteiger partial charge in [-0.1, -0.05) is 6.92 Å². The highest BCUT2D eigenvalue weighted by atomic mass is 127. The smallest absolute Gasteiger partial charge is 0.126 e. The fraction of sp³-hybridized carbons (Fsp3) is 0.400. The highest BCUT2D eigenvalue weighted by Crippen LogP contribution is 2.29. The van der Waals surface area contributed by atoms with Crippen molar-refractivity contribution in [1.82, 2.24) is 0 Å². The van der Waals surface area contributed by atoms with Crippen molar-refractivity contribution in [2.75, 3.05) is 14.2 Å². The molecule has 1 rings (SSSR count). The van der Waals surface area contributed by atoms with E-state index in [0.717, 1.165) is 17.9 Å². The van der Waals surface area contributed by atoms with E-state index in [1.54, 1.807) is 14.2 Å². The zero-order valence-corrected chi connectivity index (χ0v) is 10.2. The lowest BCUT2D eigenvalue weighted by Gasteiger charge is -2.10. The summed E-state index contributed by atoms with van der Waals surface area (Å²) in [6, 6.07) is 3.93. The highest BCUT2D eigenvalue weighted by molar-refractivity contribution is 14.1. The third kappa shape index (κ3) is 2.27. The Kier molecular flexibility index (Phi) is 3.84. The number of ether oxygens (including phenoxy) is 2. The molecule has 0 heterocycles. The number of benzene rings is 1. The maximum absolute atomic E-state index is 5.27. The molecule has 0 aliphatic rings. The lowest BCUT2D eigenvalue weighted by Crippen LogP contribution is -1.95. The number of rotatable bonds is 3. The summed E-state index contributed by atoms with van der Waals surface area (Å²) in [4.78, 5) is 0. The molecule has 72 valence electrons. The van der Waals surface area contributed by atoms with Crippen LogP contribution in [0, 0.1) is 3.57 Å². The van der Waals surface area contributed by atoms with Crippen LogP contribution in [0.25, 0.3) is 0 Å². The molecule has 2 nitrogen and oxygen atoms in total. The van der Waals surface area contributed by atoms with Crippen molar-refractivity contribution in [1.29, 1.82) is 0 Å². The summed E-state index contributed by atoms with van der Waals surface area (Å²) in [5.41, 5.74) is 1.24. The molecule has 0 saturated heterocycles. The van der Waals surface area contributed by atoms with Crippen LogP contribution in [0.2, 0.25) is 0 Å². The second-order valence-corrected chi connectivity index (χ2v) is 3.81. The second kappa shape index (κ2) is 4.69. The largest absolute Gasteiger partial charge is 0.497 e. The Balaban J connectivity index is 3.20. The Labute approximate surface area is 92.4 Å². The van der Waals surface area contributed by atoms with Crippen molar-refractivity contribution in [2.45, 2.75) is 13.3 Å². The minimum Gasteiger partial charge on any atom is -0.497 e. The fourth-order valence-corrected chi connectivity index (χ4v) is 2.18. The Bertz CT molecular complexity index is 297. The van der Waals surface area contributed by atoms with Gasteiger partial charge >= 0.3 is 0 Å². The SMILES string of the molecule is CCc1c(I)cc(OC)cc1OC. The molecule has 0 amide bonds. The Hall–Kier alpha value is -0.450. The van der Waals surface area contributed by atoms with Crippen molar-refractivity contribution in [3.63, 3.8) is 0 Å². The fourth-order valence-electron chi connectivity index (χ4n) is 1.23. The molecule has 0 aliphatic heterocycles. The Morgan fingerprint density at radius 2 is 1.92 bits per heavy atom. The predicted molar refractivity (Wildman–Crippen MR) is 61.6 cm³/mol. The summed E-state index contributed by atoms with van der Waals surface area (Å²) < 4.78 is 11.6. The molecule has 0 saturated carbocycles. The van der Waals surface area contributed by atoms with Gasteiger partial charge in [-0.3, -0.25) is 0 Å². The molecule has 13 heavy (non-hydrogen) atoms. The van der Waals surface area contributed by atoms with Crippen LogP contribution in [0.3, 0.4) is 0 Å². The van der Waals surface area contributed by atoms with Gasteiger partial charge in [0, 0.05) is 15.2 Å². The summed E-state index contributed by atoms with van der Waals surface area (Å²) in [6.45, 7) is 2.12. The third-order valence-corrected chi connectivity index (χ3v) is 2.90. The summed E-state index contributed by atoms with van der Waals surface area (Å²) in [5.74, 6) is 1.75. The van der Waals surface area contributed by atoms with Gasteiger partial charge in [0.2, 0.25) is 0 Å². The van der Waals surface area contributed by atoms with Gasteiger partial charge in [-0.05, 0) is 35.1 Å². The molecule has 0 aliphatic carbocycles. The van der Waals surface area contributed by atoms with Crippen LogP contribution in [-0.4, -0.2) is 14.2 Å². The van der Waals surface area contributed by atoms with E-state index in [9.17, 15) is 0 Å². The summed E-state index contributed by atoms with van der Waals surface area (Å²) >= 11 is 2.30.